The Labute approximate surface area is 87.4 Å². The number of rotatable bonds is 2. The summed E-state index contributed by atoms with van der Waals surface area (Å²) < 4.78 is 0. The van der Waals surface area contributed by atoms with Crippen LogP contribution in [0.5, 0.6) is 0 Å². The van der Waals surface area contributed by atoms with Gasteiger partial charge in [-0.25, -0.2) is 4.98 Å². The number of pyridine rings is 1. The summed E-state index contributed by atoms with van der Waals surface area (Å²) in [5, 5.41) is 0. The van der Waals surface area contributed by atoms with Crippen LogP contribution in [0.1, 0.15) is 12.7 Å². The lowest BCUT2D eigenvalue weighted by Gasteiger charge is -2.02. The van der Waals surface area contributed by atoms with E-state index >= 15 is 0 Å². The van der Waals surface area contributed by atoms with Gasteiger partial charge in [0.1, 0.15) is 5.82 Å². The molecular formula is C10H11N5. The molecule has 5 nitrogen and oxygen atoms in total. The Morgan fingerprint density at radius 2 is 1.87 bits per heavy atom. The average Bonchev–Trinajstić information content (AvgIpc) is 2.29. The zero-order valence-electron chi connectivity index (χ0n) is 8.38. The Kier molecular flexibility index (Phi) is 2.53. The van der Waals surface area contributed by atoms with E-state index in [9.17, 15) is 0 Å². The summed E-state index contributed by atoms with van der Waals surface area (Å²) in [6.45, 7) is 1.98. The van der Waals surface area contributed by atoms with Crippen LogP contribution in [0.3, 0.4) is 0 Å². The van der Waals surface area contributed by atoms with Crippen LogP contribution in [0.2, 0.25) is 0 Å². The quantitative estimate of drug-likeness (QED) is 0.786. The maximum absolute atomic E-state index is 5.59. The molecule has 0 atom stereocenters. The van der Waals surface area contributed by atoms with E-state index < -0.39 is 0 Å². The van der Waals surface area contributed by atoms with Gasteiger partial charge in [-0.15, -0.1) is 0 Å². The van der Waals surface area contributed by atoms with Gasteiger partial charge in [0, 0.05) is 24.4 Å². The van der Waals surface area contributed by atoms with E-state index in [4.69, 9.17) is 5.73 Å². The molecule has 0 aromatic carbocycles. The minimum absolute atomic E-state index is 0.258. The molecule has 0 bridgehead atoms. The summed E-state index contributed by atoms with van der Waals surface area (Å²) in [4.78, 5) is 16.3. The van der Waals surface area contributed by atoms with E-state index in [1.54, 1.807) is 12.4 Å². The van der Waals surface area contributed by atoms with Crippen molar-refractivity contribution in [2.45, 2.75) is 13.3 Å². The first kappa shape index (κ1) is 9.51. The molecule has 2 aromatic heterocycles. The molecule has 15 heavy (non-hydrogen) atoms. The van der Waals surface area contributed by atoms with Gasteiger partial charge in [-0.2, -0.15) is 9.97 Å². The first-order valence-electron chi connectivity index (χ1n) is 4.70. The van der Waals surface area contributed by atoms with E-state index in [0.29, 0.717) is 11.6 Å². The first-order chi connectivity index (χ1) is 7.29. The highest BCUT2D eigenvalue weighted by molar-refractivity contribution is 5.54. The van der Waals surface area contributed by atoms with Crippen LogP contribution in [0.15, 0.2) is 24.5 Å². The number of aromatic nitrogens is 4. The lowest BCUT2D eigenvalue weighted by molar-refractivity contribution is 0.913. The van der Waals surface area contributed by atoms with Crippen molar-refractivity contribution in [2.75, 3.05) is 5.73 Å². The maximum Gasteiger partial charge on any atom is 0.223 e. The summed E-state index contributed by atoms with van der Waals surface area (Å²) in [5.41, 5.74) is 6.49. The molecule has 0 aliphatic carbocycles. The van der Waals surface area contributed by atoms with Crippen molar-refractivity contribution >= 4 is 5.95 Å². The molecule has 2 N–H and O–H groups in total. The predicted octanol–water partition coefficient (Wildman–Crippen LogP) is 1.08. The third-order valence-corrected chi connectivity index (χ3v) is 1.95. The predicted molar refractivity (Wildman–Crippen MR) is 56.8 cm³/mol. The van der Waals surface area contributed by atoms with Gasteiger partial charge in [0.15, 0.2) is 5.82 Å². The SMILES string of the molecule is CCc1nc(N)nc(-c2ccncc2)n1. The second kappa shape index (κ2) is 4.00. The molecule has 0 fully saturated rings. The van der Waals surface area contributed by atoms with Gasteiger partial charge >= 0.3 is 0 Å². The third-order valence-electron chi connectivity index (χ3n) is 1.95. The monoisotopic (exact) mass is 201 g/mol. The fraction of sp³-hybridized carbons (Fsp3) is 0.200. The van der Waals surface area contributed by atoms with E-state index in [1.807, 2.05) is 19.1 Å². The molecule has 0 spiro atoms. The molecular weight excluding hydrogens is 190 g/mol. The fourth-order valence-electron chi connectivity index (χ4n) is 1.23. The normalized spacial score (nSPS) is 10.2. The third kappa shape index (κ3) is 2.07. The maximum atomic E-state index is 5.59. The molecule has 0 radical (unpaired) electrons. The highest BCUT2D eigenvalue weighted by Gasteiger charge is 2.04. The van der Waals surface area contributed by atoms with Crippen molar-refractivity contribution in [1.82, 2.24) is 19.9 Å². The van der Waals surface area contributed by atoms with E-state index in [-0.39, 0.29) is 5.95 Å². The Bertz CT molecular complexity index is 455. The molecule has 2 rings (SSSR count). The van der Waals surface area contributed by atoms with Crippen molar-refractivity contribution in [1.29, 1.82) is 0 Å². The summed E-state index contributed by atoms with van der Waals surface area (Å²) in [7, 11) is 0. The minimum atomic E-state index is 0.258. The highest BCUT2D eigenvalue weighted by Crippen LogP contribution is 2.13. The second-order valence-corrected chi connectivity index (χ2v) is 3.02. The standard InChI is InChI=1S/C10H11N5/c1-2-8-13-9(15-10(11)14-8)7-3-5-12-6-4-7/h3-6H,2H2,1H3,(H2,11,13,14,15). The number of aryl methyl sites for hydroxylation is 1. The Balaban J connectivity index is 2.49. The first-order valence-corrected chi connectivity index (χ1v) is 4.70. The topological polar surface area (TPSA) is 77.6 Å². The van der Waals surface area contributed by atoms with Gasteiger partial charge < -0.3 is 5.73 Å². The van der Waals surface area contributed by atoms with Crippen molar-refractivity contribution in [3.8, 4) is 11.4 Å². The number of hydrogen-bond donors (Lipinski definition) is 1. The summed E-state index contributed by atoms with van der Waals surface area (Å²) in [6.07, 6.45) is 4.13. The minimum Gasteiger partial charge on any atom is -0.368 e. The largest absolute Gasteiger partial charge is 0.368 e. The zero-order valence-corrected chi connectivity index (χ0v) is 8.38. The lowest BCUT2D eigenvalue weighted by atomic mass is 10.2. The Hall–Kier alpha value is -2.04. The van der Waals surface area contributed by atoms with Crippen molar-refractivity contribution in [3.63, 3.8) is 0 Å². The van der Waals surface area contributed by atoms with Crippen LogP contribution < -0.4 is 5.73 Å². The van der Waals surface area contributed by atoms with Crippen molar-refractivity contribution < 1.29 is 0 Å². The van der Waals surface area contributed by atoms with Gasteiger partial charge in [-0.3, -0.25) is 4.98 Å². The molecule has 0 saturated carbocycles. The number of nitrogens with zero attached hydrogens (tertiary/aromatic N) is 4. The molecule has 0 aliphatic rings. The van der Waals surface area contributed by atoms with Crippen LogP contribution >= 0.6 is 0 Å². The van der Waals surface area contributed by atoms with Crippen LogP contribution in [-0.4, -0.2) is 19.9 Å². The second-order valence-electron chi connectivity index (χ2n) is 3.02. The van der Waals surface area contributed by atoms with Crippen LogP contribution in [-0.2, 0) is 6.42 Å². The van der Waals surface area contributed by atoms with Gasteiger partial charge in [-0.05, 0) is 12.1 Å². The number of anilines is 1. The molecule has 0 aliphatic heterocycles. The molecule has 5 heteroatoms. The van der Waals surface area contributed by atoms with Crippen LogP contribution in [0.4, 0.5) is 5.95 Å². The summed E-state index contributed by atoms with van der Waals surface area (Å²) in [6, 6.07) is 3.68. The average molecular weight is 201 g/mol. The van der Waals surface area contributed by atoms with Gasteiger partial charge in [-0.1, -0.05) is 6.92 Å². The molecule has 2 aromatic rings. The fourth-order valence-corrected chi connectivity index (χ4v) is 1.23. The van der Waals surface area contributed by atoms with Crippen LogP contribution in [0.25, 0.3) is 11.4 Å². The molecule has 0 amide bonds. The zero-order chi connectivity index (χ0) is 10.7. The van der Waals surface area contributed by atoms with E-state index in [1.165, 1.54) is 0 Å². The Morgan fingerprint density at radius 1 is 1.13 bits per heavy atom. The highest BCUT2D eigenvalue weighted by atomic mass is 15.1. The summed E-state index contributed by atoms with van der Waals surface area (Å²) >= 11 is 0. The molecule has 0 saturated heterocycles. The van der Waals surface area contributed by atoms with Gasteiger partial charge in [0.2, 0.25) is 5.95 Å². The van der Waals surface area contributed by atoms with Crippen molar-refractivity contribution in [2.24, 2.45) is 0 Å². The number of nitrogens with two attached hydrogens (primary N) is 1. The number of hydrogen-bond acceptors (Lipinski definition) is 5. The smallest absolute Gasteiger partial charge is 0.223 e. The van der Waals surface area contributed by atoms with Gasteiger partial charge in [0.25, 0.3) is 0 Å². The molecule has 0 unspecified atom stereocenters. The number of nitrogen functional groups attached to an aromatic ring is 1. The Morgan fingerprint density at radius 3 is 2.53 bits per heavy atom. The van der Waals surface area contributed by atoms with E-state index in [2.05, 4.69) is 19.9 Å². The van der Waals surface area contributed by atoms with Gasteiger partial charge in [0.05, 0.1) is 0 Å². The lowest BCUT2D eigenvalue weighted by Crippen LogP contribution is -2.04. The van der Waals surface area contributed by atoms with Crippen molar-refractivity contribution in [3.05, 3.63) is 30.4 Å². The summed E-state index contributed by atoms with van der Waals surface area (Å²) in [5.74, 6) is 1.56. The van der Waals surface area contributed by atoms with Crippen LogP contribution in [0, 0.1) is 0 Å². The van der Waals surface area contributed by atoms with E-state index in [0.717, 1.165) is 12.0 Å². The molecule has 76 valence electrons. The molecule has 2 heterocycles.